The van der Waals surface area contributed by atoms with Crippen LogP contribution in [0.5, 0.6) is 11.6 Å². The summed E-state index contributed by atoms with van der Waals surface area (Å²) in [5.74, 6) is 0.864. The van der Waals surface area contributed by atoms with E-state index in [1.165, 1.54) is 24.5 Å². The Bertz CT molecular complexity index is 1390. The predicted octanol–water partition coefficient (Wildman–Crippen LogP) is 5.03. The Morgan fingerprint density at radius 3 is 2.37 bits per heavy atom. The Morgan fingerprint density at radius 1 is 0.951 bits per heavy atom. The van der Waals surface area contributed by atoms with Gasteiger partial charge in [0.15, 0.2) is 0 Å². The number of rotatable bonds is 8. The minimum atomic E-state index is -4.63. The van der Waals surface area contributed by atoms with E-state index in [-0.39, 0.29) is 23.4 Å². The number of hydrogen-bond donors (Lipinski definition) is 3. The van der Waals surface area contributed by atoms with E-state index in [0.717, 1.165) is 45.1 Å². The van der Waals surface area contributed by atoms with Crippen LogP contribution in [-0.4, -0.2) is 64.9 Å². The molecule has 2 fully saturated rings. The van der Waals surface area contributed by atoms with E-state index in [4.69, 9.17) is 4.74 Å². The van der Waals surface area contributed by atoms with Crippen molar-refractivity contribution >= 4 is 29.1 Å². The number of nitrogens with zero attached hydrogens (tertiary/aromatic N) is 4. The lowest BCUT2D eigenvalue weighted by atomic mass is 10.1. The number of hydrogen-bond acceptors (Lipinski definition) is 7. The van der Waals surface area contributed by atoms with E-state index in [9.17, 15) is 22.8 Å². The number of aromatic nitrogens is 2. The quantitative estimate of drug-likeness (QED) is 0.349. The number of anilines is 3. The molecule has 2 aliphatic rings. The first-order chi connectivity index (χ1) is 19.6. The molecule has 2 aromatic carbocycles. The zero-order valence-corrected chi connectivity index (χ0v) is 22.4. The molecule has 0 radical (unpaired) electrons. The summed E-state index contributed by atoms with van der Waals surface area (Å²) in [5, 5.41) is 7.63. The maximum atomic E-state index is 13.7. The van der Waals surface area contributed by atoms with Gasteiger partial charge in [-0.25, -0.2) is 14.8 Å². The molecule has 13 heteroatoms. The minimum absolute atomic E-state index is 0.0256. The van der Waals surface area contributed by atoms with E-state index in [1.54, 1.807) is 24.3 Å². The minimum Gasteiger partial charge on any atom is -0.439 e. The molecule has 0 spiro atoms. The number of urea groups is 1. The Balaban J connectivity index is 1.20. The molecule has 10 nitrogen and oxygen atoms in total. The van der Waals surface area contributed by atoms with E-state index >= 15 is 0 Å². The van der Waals surface area contributed by atoms with Gasteiger partial charge in [0.2, 0.25) is 11.8 Å². The number of carbonyl (C=O) groups excluding carboxylic acids is 2. The number of alkyl halides is 3. The summed E-state index contributed by atoms with van der Waals surface area (Å²) in [6, 6.07) is 10.7. The summed E-state index contributed by atoms with van der Waals surface area (Å²) >= 11 is 0. The second kappa shape index (κ2) is 12.1. The highest BCUT2D eigenvalue weighted by Crippen LogP contribution is 2.36. The van der Waals surface area contributed by atoms with Crippen LogP contribution in [0.4, 0.5) is 35.2 Å². The van der Waals surface area contributed by atoms with E-state index in [0.29, 0.717) is 29.4 Å². The van der Waals surface area contributed by atoms with Crippen LogP contribution in [-0.2, 0) is 17.5 Å². The molecule has 0 unspecified atom stereocenters. The van der Waals surface area contributed by atoms with Gasteiger partial charge in [0.05, 0.1) is 11.3 Å². The molecule has 5 rings (SSSR count). The Kier molecular flexibility index (Phi) is 8.36. The maximum absolute atomic E-state index is 13.7. The zero-order valence-electron chi connectivity index (χ0n) is 22.4. The number of halogens is 3. The van der Waals surface area contributed by atoms with Gasteiger partial charge in [0, 0.05) is 50.4 Å². The first-order valence-corrected chi connectivity index (χ1v) is 13.2. The van der Waals surface area contributed by atoms with Crippen molar-refractivity contribution in [2.75, 3.05) is 49.2 Å². The van der Waals surface area contributed by atoms with Crippen molar-refractivity contribution < 1.29 is 27.5 Å². The Labute approximate surface area is 234 Å². The summed E-state index contributed by atoms with van der Waals surface area (Å²) in [5.41, 5.74) is -0.206. The van der Waals surface area contributed by atoms with Crippen LogP contribution >= 0.6 is 0 Å². The van der Waals surface area contributed by atoms with Gasteiger partial charge in [-0.15, -0.1) is 0 Å². The number of likely N-dealkylation sites (N-methyl/N-ethyl adjacent to an activating group) is 1. The Hall–Kier alpha value is -4.23. The molecular formula is C28H30F3N7O3. The highest BCUT2D eigenvalue weighted by molar-refractivity contribution is 6.00. The molecule has 3 amide bonds. The van der Waals surface area contributed by atoms with Crippen LogP contribution in [0.25, 0.3) is 0 Å². The third kappa shape index (κ3) is 7.92. The number of piperazine rings is 1. The SMILES string of the molecule is CN1CCN(Cc2ccc(C(F)(F)F)c(NC(=O)Nc3ccc(Oc4cc(NC(=O)C5CC5)ncn4)cc3)c2)CC1. The van der Waals surface area contributed by atoms with Gasteiger partial charge >= 0.3 is 12.2 Å². The first-order valence-electron chi connectivity index (χ1n) is 13.2. The molecular weight excluding hydrogens is 539 g/mol. The number of nitrogens with one attached hydrogen (secondary N) is 3. The lowest BCUT2D eigenvalue weighted by Crippen LogP contribution is -2.43. The fourth-order valence-electron chi connectivity index (χ4n) is 4.35. The molecule has 3 N–H and O–H groups in total. The van der Waals surface area contributed by atoms with Crippen molar-refractivity contribution in [1.29, 1.82) is 0 Å². The smallest absolute Gasteiger partial charge is 0.418 e. The van der Waals surface area contributed by atoms with E-state index in [1.807, 2.05) is 7.05 Å². The van der Waals surface area contributed by atoms with Gasteiger partial charge in [-0.2, -0.15) is 13.2 Å². The molecule has 216 valence electrons. The largest absolute Gasteiger partial charge is 0.439 e. The van der Waals surface area contributed by atoms with Gasteiger partial charge in [-0.1, -0.05) is 6.07 Å². The maximum Gasteiger partial charge on any atom is 0.418 e. The Morgan fingerprint density at radius 2 is 1.68 bits per heavy atom. The normalized spacial score (nSPS) is 16.2. The van der Waals surface area contributed by atoms with Gasteiger partial charge in [-0.3, -0.25) is 9.69 Å². The third-order valence-corrected chi connectivity index (χ3v) is 6.82. The highest BCUT2D eigenvalue weighted by atomic mass is 19.4. The molecule has 2 heterocycles. The topological polar surface area (TPSA) is 112 Å². The summed E-state index contributed by atoms with van der Waals surface area (Å²) in [4.78, 5) is 37.0. The number of benzene rings is 2. The second-order valence-corrected chi connectivity index (χ2v) is 10.2. The van der Waals surface area contributed by atoms with Gasteiger partial charge in [0.1, 0.15) is 17.9 Å². The number of amides is 3. The fourth-order valence-corrected chi connectivity index (χ4v) is 4.35. The number of carbonyl (C=O) groups is 2. The summed E-state index contributed by atoms with van der Waals surface area (Å²) in [7, 11) is 2.03. The molecule has 1 saturated heterocycles. The van der Waals surface area contributed by atoms with Crippen LogP contribution in [0.3, 0.4) is 0 Å². The average molecular weight is 570 g/mol. The van der Waals surface area contributed by atoms with E-state index in [2.05, 4.69) is 35.7 Å². The molecule has 41 heavy (non-hydrogen) atoms. The van der Waals surface area contributed by atoms with Gasteiger partial charge < -0.3 is 25.6 Å². The average Bonchev–Trinajstić information content (AvgIpc) is 3.77. The van der Waals surface area contributed by atoms with Gasteiger partial charge in [0.25, 0.3) is 0 Å². The summed E-state index contributed by atoms with van der Waals surface area (Å²) in [6.07, 6.45) is -1.63. The van der Waals surface area contributed by atoms with Gasteiger partial charge in [-0.05, 0) is 61.9 Å². The van der Waals surface area contributed by atoms with Crippen LogP contribution in [0.15, 0.2) is 54.9 Å². The summed E-state index contributed by atoms with van der Waals surface area (Å²) < 4.78 is 46.7. The van der Waals surface area contributed by atoms with E-state index < -0.39 is 17.8 Å². The third-order valence-electron chi connectivity index (χ3n) is 6.82. The van der Waals surface area contributed by atoms with Crippen molar-refractivity contribution in [3.8, 4) is 11.6 Å². The molecule has 1 saturated carbocycles. The van der Waals surface area contributed by atoms with Crippen molar-refractivity contribution in [1.82, 2.24) is 19.8 Å². The predicted molar refractivity (Wildman–Crippen MR) is 147 cm³/mol. The standard InChI is InChI=1S/C28H30F3N7O3/c1-37-10-12-38(13-11-37)16-18-2-9-22(28(29,30)31)23(14-18)35-27(40)34-20-5-7-21(8-6-20)41-25-15-24(32-17-33-25)36-26(39)19-3-4-19/h2,5-9,14-15,17,19H,3-4,10-13,16H2,1H3,(H2,34,35,40)(H,32,33,36,39). The van der Waals surface area contributed by atoms with Crippen LogP contribution in [0.2, 0.25) is 0 Å². The zero-order chi connectivity index (χ0) is 29.0. The lowest BCUT2D eigenvalue weighted by Gasteiger charge is -2.32. The van der Waals surface area contributed by atoms with Crippen molar-refractivity contribution in [3.05, 3.63) is 66.0 Å². The molecule has 0 bridgehead atoms. The van der Waals surface area contributed by atoms with Crippen LogP contribution in [0.1, 0.15) is 24.0 Å². The first kappa shape index (κ1) is 28.3. The monoisotopic (exact) mass is 569 g/mol. The number of ether oxygens (including phenoxy) is 1. The van der Waals surface area contributed by atoms with Crippen LogP contribution < -0.4 is 20.7 Å². The molecule has 0 atom stereocenters. The van der Waals surface area contributed by atoms with Crippen LogP contribution in [0, 0.1) is 5.92 Å². The van der Waals surface area contributed by atoms with Crippen molar-refractivity contribution in [2.45, 2.75) is 25.6 Å². The van der Waals surface area contributed by atoms with Crippen molar-refractivity contribution in [3.63, 3.8) is 0 Å². The molecule has 1 aromatic heterocycles. The molecule has 3 aromatic rings. The lowest BCUT2D eigenvalue weighted by molar-refractivity contribution is -0.137. The highest BCUT2D eigenvalue weighted by Gasteiger charge is 2.34. The molecule has 1 aliphatic heterocycles. The second-order valence-electron chi connectivity index (χ2n) is 10.2. The summed E-state index contributed by atoms with van der Waals surface area (Å²) in [6.45, 7) is 3.89. The fraction of sp³-hybridized carbons (Fsp3) is 0.357. The molecule has 1 aliphatic carbocycles. The van der Waals surface area contributed by atoms with Crippen molar-refractivity contribution in [2.24, 2.45) is 5.92 Å².